The molecule has 1 aliphatic heterocycles. The number of hydrogen-bond donors (Lipinski definition) is 1. The summed E-state index contributed by atoms with van der Waals surface area (Å²) >= 11 is 6.10. The number of carbonyl (C=O) groups excluding carboxylic acids is 2. The molecule has 0 aliphatic carbocycles. The van der Waals surface area contributed by atoms with Gasteiger partial charge in [-0.3, -0.25) is 9.59 Å². The minimum atomic E-state index is -1.48. The van der Waals surface area contributed by atoms with Gasteiger partial charge in [0.2, 0.25) is 5.91 Å². The summed E-state index contributed by atoms with van der Waals surface area (Å²) in [5.41, 5.74) is -1.01. The third-order valence-electron chi connectivity index (χ3n) is 4.80. The van der Waals surface area contributed by atoms with Crippen molar-refractivity contribution in [2.45, 2.75) is 57.4 Å². The molecule has 2 atom stereocenters. The molecular formula is C19H25ClN2O3. The summed E-state index contributed by atoms with van der Waals surface area (Å²) in [6.45, 7) is 9.73. The molecule has 136 valence electrons. The van der Waals surface area contributed by atoms with Crippen LogP contribution >= 0.6 is 11.6 Å². The van der Waals surface area contributed by atoms with Crippen LogP contribution in [0.2, 0.25) is 5.15 Å². The first-order chi connectivity index (χ1) is 11.9. The highest BCUT2D eigenvalue weighted by atomic mass is 35.5. The number of nitrogens with zero attached hydrogens (tertiary/aromatic N) is 1. The van der Waals surface area contributed by atoms with Crippen molar-refractivity contribution in [1.82, 2.24) is 10.3 Å². The van der Waals surface area contributed by atoms with Crippen molar-refractivity contribution in [1.29, 1.82) is 0 Å². The van der Waals surface area contributed by atoms with Crippen LogP contribution in [0.3, 0.4) is 0 Å². The number of ether oxygens (including phenoxy) is 1. The number of esters is 1. The summed E-state index contributed by atoms with van der Waals surface area (Å²) < 4.78 is 5.41. The Bertz CT molecular complexity index is 691. The molecular weight excluding hydrogens is 340 g/mol. The summed E-state index contributed by atoms with van der Waals surface area (Å²) in [7, 11) is 0. The number of amides is 1. The average Bonchev–Trinajstić information content (AvgIpc) is 2.55. The van der Waals surface area contributed by atoms with E-state index in [-0.39, 0.29) is 18.2 Å². The van der Waals surface area contributed by atoms with Gasteiger partial charge >= 0.3 is 5.97 Å². The molecule has 1 aromatic heterocycles. The first kappa shape index (κ1) is 19.4. The first-order valence-corrected chi connectivity index (χ1v) is 9.01. The molecule has 1 aliphatic rings. The number of hydrogen-bond acceptors (Lipinski definition) is 4. The van der Waals surface area contributed by atoms with Gasteiger partial charge in [0.1, 0.15) is 5.15 Å². The molecule has 25 heavy (non-hydrogen) atoms. The summed E-state index contributed by atoms with van der Waals surface area (Å²) in [6.07, 6.45) is 4.14. The van der Waals surface area contributed by atoms with Crippen LogP contribution in [0.25, 0.3) is 0 Å². The van der Waals surface area contributed by atoms with Gasteiger partial charge in [-0.2, -0.15) is 0 Å². The lowest BCUT2D eigenvalue weighted by Gasteiger charge is -2.43. The molecule has 0 radical (unpaired) electrons. The minimum Gasteiger partial charge on any atom is -0.465 e. The van der Waals surface area contributed by atoms with Gasteiger partial charge in [-0.15, -0.1) is 6.58 Å². The lowest BCUT2D eigenvalue weighted by atomic mass is 9.70. The minimum absolute atomic E-state index is 0.244. The maximum absolute atomic E-state index is 13.1. The van der Waals surface area contributed by atoms with E-state index in [9.17, 15) is 9.59 Å². The molecule has 1 aromatic rings. The lowest BCUT2D eigenvalue weighted by molar-refractivity contribution is -0.157. The first-order valence-electron chi connectivity index (χ1n) is 8.64. The van der Waals surface area contributed by atoms with Gasteiger partial charge in [0.15, 0.2) is 5.41 Å². The SMILES string of the molecule is C=CCC1(C)NC(=O)C(CC)(C(=O)OCCCC)c2nc(Cl)ccc21. The van der Waals surface area contributed by atoms with Crippen molar-refractivity contribution >= 4 is 23.5 Å². The van der Waals surface area contributed by atoms with Gasteiger partial charge in [-0.1, -0.05) is 44.0 Å². The summed E-state index contributed by atoms with van der Waals surface area (Å²) in [5, 5.41) is 3.23. The zero-order chi connectivity index (χ0) is 18.7. The van der Waals surface area contributed by atoms with Crippen LogP contribution in [-0.4, -0.2) is 23.5 Å². The van der Waals surface area contributed by atoms with Crippen LogP contribution in [0.4, 0.5) is 0 Å². The van der Waals surface area contributed by atoms with Gasteiger partial charge in [0, 0.05) is 5.56 Å². The maximum Gasteiger partial charge on any atom is 0.327 e. The molecule has 0 spiro atoms. The maximum atomic E-state index is 13.1. The van der Waals surface area contributed by atoms with Crippen molar-refractivity contribution in [3.8, 4) is 0 Å². The van der Waals surface area contributed by atoms with E-state index >= 15 is 0 Å². The Morgan fingerprint density at radius 1 is 1.44 bits per heavy atom. The highest BCUT2D eigenvalue weighted by molar-refractivity contribution is 6.29. The molecule has 2 unspecified atom stereocenters. The Balaban J connectivity index is 2.60. The predicted octanol–water partition coefficient (Wildman–Crippen LogP) is 3.65. The highest BCUT2D eigenvalue weighted by Gasteiger charge is 2.56. The van der Waals surface area contributed by atoms with Crippen LogP contribution in [0.15, 0.2) is 24.8 Å². The summed E-state index contributed by atoms with van der Waals surface area (Å²) in [5.74, 6) is -0.972. The summed E-state index contributed by atoms with van der Waals surface area (Å²) in [4.78, 5) is 30.3. The number of halogens is 1. The van der Waals surface area contributed by atoms with Gasteiger partial charge < -0.3 is 10.1 Å². The van der Waals surface area contributed by atoms with E-state index < -0.39 is 22.8 Å². The second kappa shape index (κ2) is 7.56. The van der Waals surface area contributed by atoms with Crippen molar-refractivity contribution in [2.24, 2.45) is 0 Å². The van der Waals surface area contributed by atoms with Gasteiger partial charge in [0.25, 0.3) is 0 Å². The molecule has 2 heterocycles. The zero-order valence-electron chi connectivity index (χ0n) is 15.0. The number of pyridine rings is 1. The van der Waals surface area contributed by atoms with E-state index in [1.54, 1.807) is 19.1 Å². The number of unbranched alkanes of at least 4 members (excludes halogenated alkanes) is 1. The predicted molar refractivity (Wildman–Crippen MR) is 97.4 cm³/mol. The Morgan fingerprint density at radius 3 is 2.76 bits per heavy atom. The second-order valence-electron chi connectivity index (χ2n) is 6.56. The van der Waals surface area contributed by atoms with E-state index in [0.717, 1.165) is 18.4 Å². The molecule has 2 rings (SSSR count). The molecule has 0 bridgehead atoms. The molecule has 6 heteroatoms. The van der Waals surface area contributed by atoms with Crippen LogP contribution < -0.4 is 5.32 Å². The standard InChI is InChI=1S/C19H25ClN2O3/c1-5-8-12-25-17(24)19(7-3)15-13(9-10-14(20)21-15)18(4,11-6-2)22-16(19)23/h6,9-10H,2,5,7-8,11-12H2,1,3-4H3,(H,22,23). The van der Waals surface area contributed by atoms with Crippen molar-refractivity contribution in [3.05, 3.63) is 41.2 Å². The van der Waals surface area contributed by atoms with Crippen molar-refractivity contribution < 1.29 is 14.3 Å². The zero-order valence-corrected chi connectivity index (χ0v) is 15.8. The number of aromatic nitrogens is 1. The van der Waals surface area contributed by atoms with Gasteiger partial charge in [-0.05, 0) is 32.3 Å². The highest BCUT2D eigenvalue weighted by Crippen LogP contribution is 2.42. The van der Waals surface area contributed by atoms with Crippen molar-refractivity contribution in [3.63, 3.8) is 0 Å². The lowest BCUT2D eigenvalue weighted by Crippen LogP contribution is -2.61. The van der Waals surface area contributed by atoms with Crippen LogP contribution in [0.1, 0.15) is 57.7 Å². The third kappa shape index (κ3) is 3.30. The van der Waals surface area contributed by atoms with E-state index in [4.69, 9.17) is 16.3 Å². The van der Waals surface area contributed by atoms with E-state index in [2.05, 4.69) is 16.9 Å². The molecule has 5 nitrogen and oxygen atoms in total. The largest absolute Gasteiger partial charge is 0.465 e. The number of nitrogens with one attached hydrogen (secondary N) is 1. The van der Waals surface area contributed by atoms with E-state index in [1.165, 1.54) is 0 Å². The number of rotatable bonds is 7. The Kier molecular flexibility index (Phi) is 5.88. The molecule has 0 saturated carbocycles. The fourth-order valence-electron chi connectivity index (χ4n) is 3.28. The van der Waals surface area contributed by atoms with Crippen LogP contribution in [-0.2, 0) is 25.3 Å². The topological polar surface area (TPSA) is 68.3 Å². The number of carbonyl (C=O) groups is 2. The Hall–Kier alpha value is -1.88. The Morgan fingerprint density at radius 2 is 2.16 bits per heavy atom. The Labute approximate surface area is 153 Å². The van der Waals surface area contributed by atoms with E-state index in [1.807, 2.05) is 19.9 Å². The third-order valence-corrected chi connectivity index (χ3v) is 5.01. The molecule has 0 fully saturated rings. The molecule has 0 saturated heterocycles. The smallest absolute Gasteiger partial charge is 0.327 e. The molecule has 1 N–H and O–H groups in total. The second-order valence-corrected chi connectivity index (χ2v) is 6.94. The van der Waals surface area contributed by atoms with E-state index in [0.29, 0.717) is 12.1 Å². The van der Waals surface area contributed by atoms with Crippen LogP contribution in [0.5, 0.6) is 0 Å². The van der Waals surface area contributed by atoms with Crippen molar-refractivity contribution in [2.75, 3.05) is 6.61 Å². The molecule has 1 amide bonds. The quantitative estimate of drug-likeness (QED) is 0.263. The van der Waals surface area contributed by atoms with Crippen LogP contribution in [0, 0.1) is 0 Å². The summed E-state index contributed by atoms with van der Waals surface area (Å²) in [6, 6.07) is 3.49. The number of fused-ring (bicyclic) bond motifs is 1. The average molecular weight is 365 g/mol. The normalized spacial score (nSPS) is 25.0. The molecule has 0 aromatic carbocycles. The van der Waals surface area contributed by atoms with Gasteiger partial charge in [-0.25, -0.2) is 4.98 Å². The van der Waals surface area contributed by atoms with Gasteiger partial charge in [0.05, 0.1) is 17.8 Å². The monoisotopic (exact) mass is 364 g/mol. The fourth-order valence-corrected chi connectivity index (χ4v) is 3.43. The fraction of sp³-hybridized carbons (Fsp3) is 0.526.